The highest BCUT2D eigenvalue weighted by atomic mass is 16.6. The largest absolute Gasteiger partial charge is 0.444 e. The van der Waals surface area contributed by atoms with E-state index in [0.717, 1.165) is 17.7 Å². The van der Waals surface area contributed by atoms with E-state index >= 15 is 0 Å². The Morgan fingerprint density at radius 1 is 1.23 bits per heavy atom. The molecule has 0 aliphatic heterocycles. The van der Waals surface area contributed by atoms with Crippen LogP contribution in [0.5, 0.6) is 0 Å². The number of ether oxygens (including phenoxy) is 1. The van der Waals surface area contributed by atoms with Gasteiger partial charge in [0.1, 0.15) is 11.4 Å². The summed E-state index contributed by atoms with van der Waals surface area (Å²) < 4.78 is 6.99. The minimum atomic E-state index is -0.520. The second-order valence-corrected chi connectivity index (χ2v) is 5.83. The number of amides is 1. The molecule has 118 valence electrons. The van der Waals surface area contributed by atoms with Crippen LogP contribution >= 0.6 is 0 Å². The number of aromatic nitrogens is 4. The maximum Gasteiger partial charge on any atom is 0.408 e. The number of aryl methyl sites for hydroxylation is 1. The molecule has 0 saturated carbocycles. The molecule has 0 fully saturated rings. The van der Waals surface area contributed by atoms with Crippen LogP contribution in [0.15, 0.2) is 24.8 Å². The first-order valence-corrected chi connectivity index (χ1v) is 7.18. The number of alkyl carbamates (subject to hydrolysis) is 1. The predicted molar refractivity (Wildman–Crippen MR) is 82.0 cm³/mol. The molecule has 1 amide bonds. The Hall–Kier alpha value is -2.44. The predicted octanol–water partition coefficient (Wildman–Crippen LogP) is 2.38. The van der Waals surface area contributed by atoms with Gasteiger partial charge < -0.3 is 10.1 Å². The molecule has 0 aliphatic rings. The molecular weight excluding hydrogens is 282 g/mol. The molecular formula is C15H21N5O2. The summed E-state index contributed by atoms with van der Waals surface area (Å²) in [4.78, 5) is 20.0. The van der Waals surface area contributed by atoms with Gasteiger partial charge in [0, 0.05) is 36.3 Å². The van der Waals surface area contributed by atoms with Crippen LogP contribution < -0.4 is 5.32 Å². The van der Waals surface area contributed by atoms with Crippen molar-refractivity contribution in [2.45, 2.75) is 46.4 Å². The van der Waals surface area contributed by atoms with Gasteiger partial charge in [-0.2, -0.15) is 5.10 Å². The first-order chi connectivity index (χ1) is 10.4. The van der Waals surface area contributed by atoms with E-state index in [9.17, 15) is 4.79 Å². The lowest BCUT2D eigenvalue weighted by Gasteiger charge is -2.19. The van der Waals surface area contributed by atoms with Crippen LogP contribution in [0.1, 0.15) is 33.5 Å². The summed E-state index contributed by atoms with van der Waals surface area (Å²) in [5.41, 5.74) is 1.34. The Morgan fingerprint density at radius 2 is 1.91 bits per heavy atom. The van der Waals surface area contributed by atoms with Crippen LogP contribution in [0, 0.1) is 0 Å². The molecule has 0 spiro atoms. The van der Waals surface area contributed by atoms with E-state index in [2.05, 4.69) is 20.4 Å². The van der Waals surface area contributed by atoms with Crippen LogP contribution in [0.3, 0.4) is 0 Å². The smallest absolute Gasteiger partial charge is 0.408 e. The van der Waals surface area contributed by atoms with Crippen molar-refractivity contribution in [2.75, 3.05) is 0 Å². The molecule has 0 radical (unpaired) electrons. The van der Waals surface area contributed by atoms with Gasteiger partial charge in [-0.1, -0.05) is 0 Å². The highest BCUT2D eigenvalue weighted by Crippen LogP contribution is 2.16. The summed E-state index contributed by atoms with van der Waals surface area (Å²) >= 11 is 0. The van der Waals surface area contributed by atoms with Gasteiger partial charge in [-0.15, -0.1) is 0 Å². The third kappa shape index (κ3) is 4.54. The number of rotatable bonds is 4. The van der Waals surface area contributed by atoms with Crippen molar-refractivity contribution in [3.63, 3.8) is 0 Å². The number of hydrogen-bond donors (Lipinski definition) is 1. The van der Waals surface area contributed by atoms with Crippen molar-refractivity contribution in [3.05, 3.63) is 30.6 Å². The summed E-state index contributed by atoms with van der Waals surface area (Å²) in [6, 6.07) is 0. The zero-order valence-corrected chi connectivity index (χ0v) is 13.3. The van der Waals surface area contributed by atoms with Crippen molar-refractivity contribution >= 4 is 6.09 Å². The first kappa shape index (κ1) is 15.9. The number of nitrogens with zero attached hydrogens (tertiary/aromatic N) is 4. The maximum absolute atomic E-state index is 11.6. The van der Waals surface area contributed by atoms with E-state index in [1.807, 2.05) is 38.6 Å². The summed E-state index contributed by atoms with van der Waals surface area (Å²) in [5, 5.41) is 6.84. The molecule has 2 heterocycles. The van der Waals surface area contributed by atoms with Crippen LogP contribution in [0.2, 0.25) is 0 Å². The minimum absolute atomic E-state index is 0.226. The quantitative estimate of drug-likeness (QED) is 0.937. The summed E-state index contributed by atoms with van der Waals surface area (Å²) in [5.74, 6) is 0.525. The lowest BCUT2D eigenvalue weighted by molar-refractivity contribution is 0.0522. The van der Waals surface area contributed by atoms with E-state index < -0.39 is 11.7 Å². The zero-order valence-electron chi connectivity index (χ0n) is 13.3. The molecule has 0 atom stereocenters. The highest BCUT2D eigenvalue weighted by Gasteiger charge is 2.16. The highest BCUT2D eigenvalue weighted by molar-refractivity contribution is 5.67. The van der Waals surface area contributed by atoms with Gasteiger partial charge in [-0.05, 0) is 27.7 Å². The molecule has 2 aromatic heterocycles. The van der Waals surface area contributed by atoms with E-state index in [-0.39, 0.29) is 6.54 Å². The molecule has 2 rings (SSSR count). The van der Waals surface area contributed by atoms with Gasteiger partial charge in [0.15, 0.2) is 0 Å². The van der Waals surface area contributed by atoms with Crippen molar-refractivity contribution in [1.29, 1.82) is 0 Å². The Labute approximate surface area is 129 Å². The SMILES string of the molecule is CCn1cc(-c2cnc(CNC(=O)OC(C)(C)C)nc2)cn1. The summed E-state index contributed by atoms with van der Waals surface area (Å²) in [6.45, 7) is 8.51. The number of carbonyl (C=O) groups excluding carboxylic acids is 1. The van der Waals surface area contributed by atoms with Crippen molar-refractivity contribution in [2.24, 2.45) is 0 Å². The summed E-state index contributed by atoms with van der Waals surface area (Å²) in [7, 11) is 0. The average molecular weight is 303 g/mol. The fourth-order valence-corrected chi connectivity index (χ4v) is 1.75. The van der Waals surface area contributed by atoms with Gasteiger partial charge >= 0.3 is 6.09 Å². The van der Waals surface area contributed by atoms with E-state index in [1.165, 1.54) is 0 Å². The van der Waals surface area contributed by atoms with Crippen molar-refractivity contribution in [1.82, 2.24) is 25.1 Å². The van der Waals surface area contributed by atoms with Crippen LogP contribution in [-0.2, 0) is 17.8 Å². The van der Waals surface area contributed by atoms with E-state index in [0.29, 0.717) is 5.82 Å². The number of nitrogens with one attached hydrogen (secondary N) is 1. The van der Waals surface area contributed by atoms with Gasteiger partial charge in [0.05, 0.1) is 12.7 Å². The fraction of sp³-hybridized carbons (Fsp3) is 0.467. The fourth-order valence-electron chi connectivity index (χ4n) is 1.75. The Kier molecular flexibility index (Phi) is 4.75. The van der Waals surface area contributed by atoms with E-state index in [1.54, 1.807) is 18.6 Å². The first-order valence-electron chi connectivity index (χ1n) is 7.18. The second-order valence-electron chi connectivity index (χ2n) is 5.83. The average Bonchev–Trinajstić information content (AvgIpc) is 2.93. The molecule has 7 nitrogen and oxygen atoms in total. The molecule has 0 saturated heterocycles. The number of hydrogen-bond acceptors (Lipinski definition) is 5. The molecule has 7 heteroatoms. The third-order valence-corrected chi connectivity index (χ3v) is 2.79. The topological polar surface area (TPSA) is 81.9 Å². The molecule has 0 bridgehead atoms. The van der Waals surface area contributed by atoms with Gasteiger partial charge in [-0.3, -0.25) is 4.68 Å². The van der Waals surface area contributed by atoms with Crippen LogP contribution in [0.4, 0.5) is 4.79 Å². The normalized spacial score (nSPS) is 11.3. The Morgan fingerprint density at radius 3 is 2.45 bits per heavy atom. The maximum atomic E-state index is 11.6. The Bertz CT molecular complexity index is 628. The molecule has 0 aliphatic carbocycles. The number of carbonyl (C=O) groups is 1. The Balaban J connectivity index is 1.93. The molecule has 22 heavy (non-hydrogen) atoms. The van der Waals surface area contributed by atoms with E-state index in [4.69, 9.17) is 4.74 Å². The standard InChI is InChI=1S/C15H21N5O2/c1-5-20-10-12(8-19-20)11-6-16-13(17-7-11)9-18-14(21)22-15(2,3)4/h6-8,10H,5,9H2,1-4H3,(H,18,21). The molecule has 2 aromatic rings. The lowest BCUT2D eigenvalue weighted by Crippen LogP contribution is -2.32. The van der Waals surface area contributed by atoms with Crippen molar-refractivity contribution < 1.29 is 9.53 Å². The van der Waals surface area contributed by atoms with Gasteiger partial charge in [0.2, 0.25) is 0 Å². The zero-order chi connectivity index (χ0) is 16.2. The van der Waals surface area contributed by atoms with Gasteiger partial charge in [-0.25, -0.2) is 14.8 Å². The molecule has 0 aromatic carbocycles. The van der Waals surface area contributed by atoms with Crippen LogP contribution in [-0.4, -0.2) is 31.4 Å². The molecule has 0 unspecified atom stereocenters. The summed E-state index contributed by atoms with van der Waals surface area (Å²) in [6.07, 6.45) is 6.68. The lowest BCUT2D eigenvalue weighted by atomic mass is 10.2. The third-order valence-electron chi connectivity index (χ3n) is 2.79. The van der Waals surface area contributed by atoms with Crippen molar-refractivity contribution in [3.8, 4) is 11.1 Å². The minimum Gasteiger partial charge on any atom is -0.444 e. The van der Waals surface area contributed by atoms with Crippen LogP contribution in [0.25, 0.3) is 11.1 Å². The second kappa shape index (κ2) is 6.55. The molecule has 1 N–H and O–H groups in total. The monoisotopic (exact) mass is 303 g/mol. The van der Waals surface area contributed by atoms with Gasteiger partial charge in [0.25, 0.3) is 0 Å².